The monoisotopic (exact) mass is 226 g/mol. The van der Waals surface area contributed by atoms with Crippen molar-refractivity contribution < 1.29 is 0 Å². The molecule has 0 amide bonds. The van der Waals surface area contributed by atoms with Gasteiger partial charge in [-0.1, -0.05) is 20.8 Å². The first kappa shape index (κ1) is 14.0. The van der Waals surface area contributed by atoms with E-state index >= 15 is 0 Å². The van der Waals surface area contributed by atoms with Crippen LogP contribution in [0.4, 0.5) is 0 Å². The first-order valence-corrected chi connectivity index (χ1v) is 7.01. The molecule has 0 aromatic heterocycles. The third kappa shape index (κ3) is 4.06. The van der Waals surface area contributed by atoms with Crippen LogP contribution in [0.15, 0.2) is 0 Å². The van der Waals surface area contributed by atoms with Crippen molar-refractivity contribution in [2.45, 2.75) is 72.0 Å². The molecule has 1 rings (SSSR count). The second-order valence-corrected chi connectivity index (χ2v) is 5.84. The van der Waals surface area contributed by atoms with Gasteiger partial charge in [0.2, 0.25) is 0 Å². The molecule has 0 radical (unpaired) electrons. The van der Waals surface area contributed by atoms with Crippen molar-refractivity contribution >= 4 is 0 Å². The Balaban J connectivity index is 2.31. The lowest BCUT2D eigenvalue weighted by atomic mass is 9.90. The zero-order valence-corrected chi connectivity index (χ0v) is 11.8. The van der Waals surface area contributed by atoms with Crippen LogP contribution in [0.25, 0.3) is 0 Å². The lowest BCUT2D eigenvalue weighted by molar-refractivity contribution is 0.0716. The Morgan fingerprint density at radius 3 is 2.56 bits per heavy atom. The molecule has 1 heterocycles. The van der Waals surface area contributed by atoms with E-state index in [1.807, 2.05) is 0 Å². The smallest absolute Gasteiger partial charge is 0.00953 e. The van der Waals surface area contributed by atoms with Gasteiger partial charge in [-0.05, 0) is 52.1 Å². The lowest BCUT2D eigenvalue weighted by Crippen LogP contribution is -2.48. The van der Waals surface area contributed by atoms with Crippen LogP contribution in [0.1, 0.15) is 53.9 Å². The predicted octanol–water partition coefficient (Wildman–Crippen LogP) is 2.88. The fraction of sp³-hybridized carbons (Fsp3) is 1.00. The van der Waals surface area contributed by atoms with Crippen LogP contribution < -0.4 is 5.32 Å². The normalized spacial score (nSPS) is 29.6. The van der Waals surface area contributed by atoms with Crippen molar-refractivity contribution in [2.75, 3.05) is 13.1 Å². The van der Waals surface area contributed by atoms with Gasteiger partial charge >= 0.3 is 0 Å². The SMILES string of the molecule is CC(C)NCCC(C)N1CCCC(C)C1C. The topological polar surface area (TPSA) is 15.3 Å². The number of nitrogens with one attached hydrogen (secondary N) is 1. The van der Waals surface area contributed by atoms with Crippen molar-refractivity contribution in [3.63, 3.8) is 0 Å². The van der Waals surface area contributed by atoms with E-state index in [0.29, 0.717) is 6.04 Å². The minimum Gasteiger partial charge on any atom is -0.314 e. The molecule has 1 fully saturated rings. The average Bonchev–Trinajstić information content (AvgIpc) is 2.21. The summed E-state index contributed by atoms with van der Waals surface area (Å²) in [5.41, 5.74) is 0. The molecule has 1 aliphatic heterocycles. The molecule has 3 atom stereocenters. The van der Waals surface area contributed by atoms with E-state index < -0.39 is 0 Å². The largest absolute Gasteiger partial charge is 0.314 e. The van der Waals surface area contributed by atoms with E-state index in [4.69, 9.17) is 0 Å². The molecule has 0 saturated carbocycles. The predicted molar refractivity (Wildman–Crippen MR) is 71.8 cm³/mol. The molecule has 1 saturated heterocycles. The highest BCUT2D eigenvalue weighted by molar-refractivity contribution is 4.82. The third-order valence-corrected chi connectivity index (χ3v) is 4.10. The number of likely N-dealkylation sites (tertiary alicyclic amines) is 1. The summed E-state index contributed by atoms with van der Waals surface area (Å²) >= 11 is 0. The van der Waals surface area contributed by atoms with Crippen LogP contribution in [0.3, 0.4) is 0 Å². The fourth-order valence-corrected chi connectivity index (χ4v) is 2.74. The molecule has 0 aromatic carbocycles. The molecular weight excluding hydrogens is 196 g/mol. The van der Waals surface area contributed by atoms with E-state index in [-0.39, 0.29) is 0 Å². The Morgan fingerprint density at radius 2 is 1.94 bits per heavy atom. The van der Waals surface area contributed by atoms with E-state index in [9.17, 15) is 0 Å². The van der Waals surface area contributed by atoms with Gasteiger partial charge < -0.3 is 5.32 Å². The summed E-state index contributed by atoms with van der Waals surface area (Å²) in [5.74, 6) is 0.870. The first-order valence-electron chi connectivity index (χ1n) is 7.01. The third-order valence-electron chi connectivity index (χ3n) is 4.10. The van der Waals surface area contributed by atoms with Crippen molar-refractivity contribution in [3.8, 4) is 0 Å². The summed E-state index contributed by atoms with van der Waals surface area (Å²) in [5, 5.41) is 3.51. The Labute approximate surface area is 102 Å². The zero-order valence-electron chi connectivity index (χ0n) is 11.8. The van der Waals surface area contributed by atoms with Crippen LogP contribution in [-0.4, -0.2) is 36.1 Å². The Hall–Kier alpha value is -0.0800. The van der Waals surface area contributed by atoms with E-state index in [2.05, 4.69) is 44.8 Å². The highest BCUT2D eigenvalue weighted by Gasteiger charge is 2.27. The summed E-state index contributed by atoms with van der Waals surface area (Å²) in [7, 11) is 0. The number of piperidine rings is 1. The summed E-state index contributed by atoms with van der Waals surface area (Å²) in [6, 6.07) is 2.11. The number of rotatable bonds is 5. The first-order chi connectivity index (χ1) is 7.52. The minimum absolute atomic E-state index is 0.616. The summed E-state index contributed by atoms with van der Waals surface area (Å²) in [6.45, 7) is 14.1. The average molecular weight is 226 g/mol. The lowest BCUT2D eigenvalue weighted by Gasteiger charge is -2.42. The maximum Gasteiger partial charge on any atom is 0.00953 e. The maximum atomic E-state index is 3.51. The van der Waals surface area contributed by atoms with Crippen molar-refractivity contribution in [1.29, 1.82) is 0 Å². The van der Waals surface area contributed by atoms with Gasteiger partial charge in [-0.2, -0.15) is 0 Å². The van der Waals surface area contributed by atoms with Gasteiger partial charge in [0.25, 0.3) is 0 Å². The molecule has 0 spiro atoms. The molecule has 2 heteroatoms. The maximum absolute atomic E-state index is 3.51. The van der Waals surface area contributed by atoms with Gasteiger partial charge in [0.05, 0.1) is 0 Å². The standard InChI is InChI=1S/C14H30N2/c1-11(2)15-9-8-13(4)16-10-6-7-12(3)14(16)5/h11-15H,6-10H2,1-5H3. The summed E-state index contributed by atoms with van der Waals surface area (Å²) in [4.78, 5) is 2.70. The number of hydrogen-bond acceptors (Lipinski definition) is 2. The second-order valence-electron chi connectivity index (χ2n) is 5.84. The molecule has 0 bridgehead atoms. The molecule has 2 nitrogen and oxygen atoms in total. The van der Waals surface area contributed by atoms with Gasteiger partial charge in [0.1, 0.15) is 0 Å². The highest BCUT2D eigenvalue weighted by Crippen LogP contribution is 2.25. The molecular formula is C14H30N2. The second kappa shape index (κ2) is 6.61. The summed E-state index contributed by atoms with van der Waals surface area (Å²) < 4.78 is 0. The molecule has 96 valence electrons. The van der Waals surface area contributed by atoms with Gasteiger partial charge in [-0.25, -0.2) is 0 Å². The van der Waals surface area contributed by atoms with E-state index in [1.165, 1.54) is 25.8 Å². The number of hydrogen-bond donors (Lipinski definition) is 1. The van der Waals surface area contributed by atoms with Gasteiger partial charge in [-0.15, -0.1) is 0 Å². The minimum atomic E-state index is 0.616. The zero-order chi connectivity index (χ0) is 12.1. The summed E-state index contributed by atoms with van der Waals surface area (Å²) in [6.07, 6.45) is 4.07. The van der Waals surface area contributed by atoms with E-state index in [1.54, 1.807) is 0 Å². The molecule has 0 aliphatic carbocycles. The Kier molecular flexibility index (Phi) is 5.77. The van der Waals surface area contributed by atoms with Crippen LogP contribution >= 0.6 is 0 Å². The molecule has 0 aromatic rings. The molecule has 1 aliphatic rings. The molecule has 1 N–H and O–H groups in total. The Bertz CT molecular complexity index is 191. The van der Waals surface area contributed by atoms with Crippen molar-refractivity contribution in [2.24, 2.45) is 5.92 Å². The fourth-order valence-electron chi connectivity index (χ4n) is 2.74. The van der Waals surface area contributed by atoms with Gasteiger partial charge in [0, 0.05) is 18.1 Å². The van der Waals surface area contributed by atoms with E-state index in [0.717, 1.165) is 24.5 Å². The highest BCUT2D eigenvalue weighted by atomic mass is 15.2. The van der Waals surface area contributed by atoms with Crippen LogP contribution in [0, 0.1) is 5.92 Å². The van der Waals surface area contributed by atoms with Gasteiger partial charge in [0.15, 0.2) is 0 Å². The van der Waals surface area contributed by atoms with Crippen LogP contribution in [-0.2, 0) is 0 Å². The van der Waals surface area contributed by atoms with Gasteiger partial charge in [-0.3, -0.25) is 4.90 Å². The van der Waals surface area contributed by atoms with Crippen molar-refractivity contribution in [1.82, 2.24) is 10.2 Å². The molecule has 16 heavy (non-hydrogen) atoms. The van der Waals surface area contributed by atoms with Crippen LogP contribution in [0.2, 0.25) is 0 Å². The Morgan fingerprint density at radius 1 is 1.25 bits per heavy atom. The van der Waals surface area contributed by atoms with Crippen LogP contribution in [0.5, 0.6) is 0 Å². The molecule has 3 unspecified atom stereocenters. The quantitative estimate of drug-likeness (QED) is 0.775. The van der Waals surface area contributed by atoms with Crippen molar-refractivity contribution in [3.05, 3.63) is 0 Å². The number of nitrogens with zero attached hydrogens (tertiary/aromatic N) is 1.